The van der Waals surface area contributed by atoms with Crippen LogP contribution in [-0.4, -0.2) is 23.6 Å². The molecule has 1 aliphatic carbocycles. The van der Waals surface area contributed by atoms with Crippen molar-refractivity contribution >= 4 is 11.4 Å². The third-order valence-electron chi connectivity index (χ3n) is 3.27. The van der Waals surface area contributed by atoms with Crippen molar-refractivity contribution < 1.29 is 9.66 Å². The number of nitro benzene ring substituents is 1. The van der Waals surface area contributed by atoms with Crippen LogP contribution in [0.2, 0.25) is 0 Å². The highest BCUT2D eigenvalue weighted by atomic mass is 16.6. The molecule has 1 fully saturated rings. The molecule has 6 heteroatoms. The van der Waals surface area contributed by atoms with Crippen LogP contribution in [0.3, 0.4) is 0 Å². The normalized spacial score (nSPS) is 16.0. The predicted molar refractivity (Wildman–Crippen MR) is 78.0 cm³/mol. The first-order chi connectivity index (χ1) is 9.49. The van der Waals surface area contributed by atoms with Gasteiger partial charge in [0.25, 0.3) is 5.69 Å². The number of benzene rings is 1. The van der Waals surface area contributed by atoms with E-state index in [1.807, 2.05) is 13.8 Å². The second-order valence-electron chi connectivity index (χ2n) is 5.46. The second-order valence-corrected chi connectivity index (χ2v) is 5.46. The number of nitro groups is 1. The number of hydrogen-bond donors (Lipinski definition) is 2. The number of nitrogens with one attached hydrogen (secondary N) is 1. The minimum atomic E-state index is -0.410. The molecule has 20 heavy (non-hydrogen) atoms. The fourth-order valence-electron chi connectivity index (χ4n) is 2.19. The lowest BCUT2D eigenvalue weighted by Gasteiger charge is -2.18. The summed E-state index contributed by atoms with van der Waals surface area (Å²) in [6.07, 6.45) is 2.30. The van der Waals surface area contributed by atoms with Crippen molar-refractivity contribution in [1.82, 2.24) is 0 Å². The number of hydrogen-bond acceptors (Lipinski definition) is 5. The Morgan fingerprint density at radius 2 is 2.15 bits per heavy atom. The van der Waals surface area contributed by atoms with Crippen LogP contribution < -0.4 is 15.8 Å². The molecule has 3 N–H and O–H groups in total. The lowest BCUT2D eigenvalue weighted by Crippen LogP contribution is -2.30. The zero-order chi connectivity index (χ0) is 14.7. The smallest absolute Gasteiger partial charge is 0.275 e. The number of ether oxygens (including phenoxy) is 1. The van der Waals surface area contributed by atoms with E-state index in [1.165, 1.54) is 25.0 Å². The van der Waals surface area contributed by atoms with Gasteiger partial charge < -0.3 is 15.8 Å². The van der Waals surface area contributed by atoms with Gasteiger partial charge in [-0.05, 0) is 32.6 Å². The van der Waals surface area contributed by atoms with Gasteiger partial charge in [0.05, 0.1) is 17.1 Å². The van der Waals surface area contributed by atoms with Gasteiger partial charge in [-0.2, -0.15) is 0 Å². The van der Waals surface area contributed by atoms with Gasteiger partial charge in [0.15, 0.2) is 0 Å². The van der Waals surface area contributed by atoms with Crippen LogP contribution in [0.15, 0.2) is 18.2 Å². The van der Waals surface area contributed by atoms with Gasteiger partial charge in [0.1, 0.15) is 5.75 Å². The summed E-state index contributed by atoms with van der Waals surface area (Å²) in [4.78, 5) is 10.6. The maximum Gasteiger partial charge on any atom is 0.275 e. The molecule has 0 spiro atoms. The minimum Gasteiger partial charge on any atom is -0.491 e. The lowest BCUT2D eigenvalue weighted by molar-refractivity contribution is -0.384. The van der Waals surface area contributed by atoms with E-state index in [1.54, 1.807) is 6.07 Å². The molecule has 1 aromatic rings. The molecule has 0 heterocycles. The molecule has 1 aliphatic rings. The first-order valence-corrected chi connectivity index (χ1v) is 6.92. The molecule has 0 aromatic heterocycles. The van der Waals surface area contributed by atoms with Gasteiger partial charge in [-0.25, -0.2) is 0 Å². The largest absolute Gasteiger partial charge is 0.491 e. The number of nitrogens with zero attached hydrogens (tertiary/aromatic N) is 1. The number of rotatable bonds is 7. The molecule has 1 saturated carbocycles. The van der Waals surface area contributed by atoms with E-state index >= 15 is 0 Å². The van der Waals surface area contributed by atoms with Crippen molar-refractivity contribution in [3.05, 3.63) is 28.3 Å². The molecule has 1 unspecified atom stereocenters. The van der Waals surface area contributed by atoms with E-state index in [2.05, 4.69) is 5.32 Å². The summed E-state index contributed by atoms with van der Waals surface area (Å²) in [6.45, 7) is 4.30. The summed E-state index contributed by atoms with van der Waals surface area (Å²) in [5.74, 6) is 1.08. The SMILES string of the molecule is CC(C)Oc1cc(NC(CN)C2CC2)cc([N+](=O)[O-])c1. The summed E-state index contributed by atoms with van der Waals surface area (Å²) in [7, 11) is 0. The standard InChI is InChI=1S/C14H21N3O3/c1-9(2)20-13-6-11(5-12(7-13)17(18)19)16-14(8-15)10-3-4-10/h5-7,9-10,14,16H,3-4,8,15H2,1-2H3. The molecule has 0 bridgehead atoms. The molecule has 2 rings (SSSR count). The topological polar surface area (TPSA) is 90.4 Å². The molecule has 1 atom stereocenters. The van der Waals surface area contributed by atoms with E-state index in [4.69, 9.17) is 10.5 Å². The van der Waals surface area contributed by atoms with Crippen LogP contribution in [0.4, 0.5) is 11.4 Å². The molecule has 6 nitrogen and oxygen atoms in total. The Morgan fingerprint density at radius 3 is 2.65 bits per heavy atom. The number of nitrogens with two attached hydrogens (primary N) is 1. The molecular weight excluding hydrogens is 258 g/mol. The highest BCUT2D eigenvalue weighted by molar-refractivity contribution is 5.57. The third-order valence-corrected chi connectivity index (χ3v) is 3.27. The fraction of sp³-hybridized carbons (Fsp3) is 0.571. The maximum absolute atomic E-state index is 11.0. The van der Waals surface area contributed by atoms with E-state index in [9.17, 15) is 10.1 Å². The fourth-order valence-corrected chi connectivity index (χ4v) is 2.19. The van der Waals surface area contributed by atoms with Crippen molar-refractivity contribution in [2.24, 2.45) is 11.7 Å². The Balaban J connectivity index is 2.21. The van der Waals surface area contributed by atoms with Crippen molar-refractivity contribution in [2.45, 2.75) is 38.8 Å². The van der Waals surface area contributed by atoms with E-state index in [-0.39, 0.29) is 17.8 Å². The average Bonchev–Trinajstić information content (AvgIpc) is 3.19. The van der Waals surface area contributed by atoms with E-state index in [0.717, 1.165) is 0 Å². The molecule has 1 aromatic carbocycles. The lowest BCUT2D eigenvalue weighted by atomic mass is 10.1. The van der Waals surface area contributed by atoms with Gasteiger partial charge >= 0.3 is 0 Å². The second kappa shape index (κ2) is 6.09. The van der Waals surface area contributed by atoms with Crippen LogP contribution in [0.25, 0.3) is 0 Å². The zero-order valence-electron chi connectivity index (χ0n) is 11.8. The van der Waals surface area contributed by atoms with Gasteiger partial charge in [0.2, 0.25) is 0 Å². The Morgan fingerprint density at radius 1 is 1.45 bits per heavy atom. The minimum absolute atomic E-state index is 0.0252. The average molecular weight is 279 g/mol. The Labute approximate surface area is 118 Å². The molecular formula is C14H21N3O3. The van der Waals surface area contributed by atoms with Crippen LogP contribution in [-0.2, 0) is 0 Å². The Kier molecular flexibility index (Phi) is 4.44. The quantitative estimate of drug-likeness (QED) is 0.591. The molecule has 0 saturated heterocycles. The summed E-state index contributed by atoms with van der Waals surface area (Å²) in [5.41, 5.74) is 6.47. The summed E-state index contributed by atoms with van der Waals surface area (Å²) >= 11 is 0. The highest BCUT2D eigenvalue weighted by Gasteiger charge is 2.30. The summed E-state index contributed by atoms with van der Waals surface area (Å²) in [6, 6.07) is 4.93. The van der Waals surface area contributed by atoms with Gasteiger partial charge in [-0.3, -0.25) is 10.1 Å². The van der Waals surface area contributed by atoms with Gasteiger partial charge in [-0.15, -0.1) is 0 Å². The van der Waals surface area contributed by atoms with Gasteiger partial charge in [0, 0.05) is 30.4 Å². The molecule has 0 amide bonds. The molecule has 0 radical (unpaired) electrons. The molecule has 110 valence electrons. The highest BCUT2D eigenvalue weighted by Crippen LogP contribution is 2.35. The number of anilines is 1. The van der Waals surface area contributed by atoms with Crippen molar-refractivity contribution in [3.8, 4) is 5.75 Å². The first kappa shape index (κ1) is 14.6. The Bertz CT molecular complexity index is 487. The molecule has 0 aliphatic heterocycles. The van der Waals surface area contributed by atoms with Crippen LogP contribution in [0.1, 0.15) is 26.7 Å². The van der Waals surface area contributed by atoms with Crippen molar-refractivity contribution in [3.63, 3.8) is 0 Å². The van der Waals surface area contributed by atoms with Crippen molar-refractivity contribution in [1.29, 1.82) is 0 Å². The van der Waals surface area contributed by atoms with Gasteiger partial charge in [-0.1, -0.05) is 0 Å². The number of non-ortho nitro benzene ring substituents is 1. The predicted octanol–water partition coefficient (Wildman–Crippen LogP) is 2.53. The Hall–Kier alpha value is -1.82. The van der Waals surface area contributed by atoms with Crippen molar-refractivity contribution in [2.75, 3.05) is 11.9 Å². The monoisotopic (exact) mass is 279 g/mol. The van der Waals surface area contributed by atoms with Crippen LogP contribution in [0, 0.1) is 16.0 Å². The summed E-state index contributed by atoms with van der Waals surface area (Å²) < 4.78 is 5.56. The summed E-state index contributed by atoms with van der Waals surface area (Å²) in [5, 5.41) is 14.3. The van der Waals surface area contributed by atoms with E-state index in [0.29, 0.717) is 23.9 Å². The zero-order valence-corrected chi connectivity index (χ0v) is 11.8. The van der Waals surface area contributed by atoms with Crippen LogP contribution >= 0.6 is 0 Å². The maximum atomic E-state index is 11.0. The first-order valence-electron chi connectivity index (χ1n) is 6.92. The van der Waals surface area contributed by atoms with Crippen LogP contribution in [0.5, 0.6) is 5.75 Å². The third kappa shape index (κ3) is 3.84. The van der Waals surface area contributed by atoms with E-state index < -0.39 is 4.92 Å².